The minimum atomic E-state index is -0.335. The zero-order valence-electron chi connectivity index (χ0n) is 16.6. The van der Waals surface area contributed by atoms with Crippen molar-refractivity contribution in [1.29, 1.82) is 0 Å². The van der Waals surface area contributed by atoms with Gasteiger partial charge in [0.15, 0.2) is 17.1 Å². The molecule has 0 aliphatic heterocycles. The standard InChI is InChI=1S/C21H23ClN4O2S/c1-4-26-20(15(3)28-18-8-6-5-7-17(18)22)24-25-21(26)29-13-19(27)23-16-11-9-14(2)10-12-16/h5-12,15H,4,13H2,1-3H3,(H,23,27). The van der Waals surface area contributed by atoms with E-state index in [1.165, 1.54) is 11.8 Å². The molecule has 8 heteroatoms. The Morgan fingerprint density at radius 3 is 2.62 bits per heavy atom. The van der Waals surface area contributed by atoms with Crippen molar-refractivity contribution >= 4 is 35.0 Å². The number of hydrogen-bond donors (Lipinski definition) is 1. The van der Waals surface area contributed by atoms with Gasteiger partial charge in [0.25, 0.3) is 0 Å². The molecule has 0 aliphatic rings. The van der Waals surface area contributed by atoms with Crippen LogP contribution in [0.4, 0.5) is 5.69 Å². The Kier molecular flexibility index (Phi) is 7.17. The number of benzene rings is 2. The first-order valence-electron chi connectivity index (χ1n) is 9.31. The third-order valence-corrected chi connectivity index (χ3v) is 5.51. The summed E-state index contributed by atoms with van der Waals surface area (Å²) in [5, 5.41) is 12.6. The van der Waals surface area contributed by atoms with E-state index in [0.29, 0.717) is 28.3 Å². The lowest BCUT2D eigenvalue weighted by atomic mass is 10.2. The maximum Gasteiger partial charge on any atom is 0.234 e. The molecule has 0 spiro atoms. The van der Waals surface area contributed by atoms with Gasteiger partial charge in [0.05, 0.1) is 10.8 Å². The molecule has 6 nitrogen and oxygen atoms in total. The number of ether oxygens (including phenoxy) is 1. The van der Waals surface area contributed by atoms with E-state index in [2.05, 4.69) is 15.5 Å². The summed E-state index contributed by atoms with van der Waals surface area (Å²) in [5.41, 5.74) is 1.93. The molecule has 1 aromatic heterocycles. The fourth-order valence-corrected chi connectivity index (χ4v) is 3.74. The number of nitrogens with zero attached hydrogens (tertiary/aromatic N) is 3. The van der Waals surface area contributed by atoms with Crippen molar-refractivity contribution in [1.82, 2.24) is 14.8 Å². The van der Waals surface area contributed by atoms with Crippen LogP contribution >= 0.6 is 23.4 Å². The molecule has 2 aromatic carbocycles. The molecular weight excluding hydrogens is 408 g/mol. The molecule has 29 heavy (non-hydrogen) atoms. The molecule has 0 saturated heterocycles. The number of hydrogen-bond acceptors (Lipinski definition) is 5. The molecule has 0 aliphatic carbocycles. The molecule has 3 rings (SSSR count). The number of carbonyl (C=O) groups is 1. The largest absolute Gasteiger partial charge is 0.481 e. The second-order valence-electron chi connectivity index (χ2n) is 6.48. The number of para-hydroxylation sites is 1. The maximum atomic E-state index is 12.3. The van der Waals surface area contributed by atoms with Crippen LogP contribution in [0.3, 0.4) is 0 Å². The first-order chi connectivity index (χ1) is 14.0. The minimum absolute atomic E-state index is 0.0913. The van der Waals surface area contributed by atoms with Crippen molar-refractivity contribution in [3.05, 3.63) is 64.9 Å². The summed E-state index contributed by atoms with van der Waals surface area (Å²) in [6, 6.07) is 15.0. The van der Waals surface area contributed by atoms with Gasteiger partial charge >= 0.3 is 0 Å². The van der Waals surface area contributed by atoms with E-state index in [9.17, 15) is 4.79 Å². The number of rotatable bonds is 8. The van der Waals surface area contributed by atoms with Crippen LogP contribution in [-0.4, -0.2) is 26.4 Å². The molecule has 1 unspecified atom stereocenters. The lowest BCUT2D eigenvalue weighted by Crippen LogP contribution is -2.15. The lowest BCUT2D eigenvalue weighted by Gasteiger charge is -2.16. The van der Waals surface area contributed by atoms with E-state index >= 15 is 0 Å². The first kappa shape index (κ1) is 21.2. The highest BCUT2D eigenvalue weighted by molar-refractivity contribution is 7.99. The summed E-state index contributed by atoms with van der Waals surface area (Å²) < 4.78 is 7.91. The van der Waals surface area contributed by atoms with Crippen LogP contribution in [0.25, 0.3) is 0 Å². The van der Waals surface area contributed by atoms with E-state index in [0.717, 1.165) is 11.3 Å². The maximum absolute atomic E-state index is 12.3. The van der Waals surface area contributed by atoms with Crippen LogP contribution in [0.15, 0.2) is 53.7 Å². The topological polar surface area (TPSA) is 69.0 Å². The zero-order chi connectivity index (χ0) is 20.8. The van der Waals surface area contributed by atoms with Crippen molar-refractivity contribution in [2.45, 2.75) is 38.6 Å². The van der Waals surface area contributed by atoms with E-state index in [1.807, 2.05) is 67.8 Å². The van der Waals surface area contributed by atoms with Crippen LogP contribution in [0.5, 0.6) is 5.75 Å². The molecule has 1 amide bonds. The summed E-state index contributed by atoms with van der Waals surface area (Å²) in [6.45, 7) is 6.58. The highest BCUT2D eigenvalue weighted by Crippen LogP contribution is 2.29. The molecule has 1 atom stereocenters. The zero-order valence-corrected chi connectivity index (χ0v) is 18.1. The summed E-state index contributed by atoms with van der Waals surface area (Å²) in [4.78, 5) is 12.3. The van der Waals surface area contributed by atoms with Crippen LogP contribution in [0.1, 0.15) is 31.3 Å². The van der Waals surface area contributed by atoms with E-state index in [-0.39, 0.29) is 17.8 Å². The van der Waals surface area contributed by atoms with Gasteiger partial charge in [0.2, 0.25) is 5.91 Å². The number of halogens is 1. The van der Waals surface area contributed by atoms with Gasteiger partial charge in [0.1, 0.15) is 5.75 Å². The van der Waals surface area contributed by atoms with Crippen LogP contribution < -0.4 is 10.1 Å². The molecule has 0 radical (unpaired) electrons. The number of aromatic nitrogens is 3. The SMILES string of the molecule is CCn1c(SCC(=O)Nc2ccc(C)cc2)nnc1C(C)Oc1ccccc1Cl. The second kappa shape index (κ2) is 9.80. The van der Waals surface area contributed by atoms with Crippen molar-refractivity contribution < 1.29 is 9.53 Å². The molecule has 0 fully saturated rings. The van der Waals surface area contributed by atoms with Crippen molar-refractivity contribution in [3.63, 3.8) is 0 Å². The van der Waals surface area contributed by atoms with Gasteiger partial charge in [-0.25, -0.2) is 0 Å². The highest BCUT2D eigenvalue weighted by Gasteiger charge is 2.20. The van der Waals surface area contributed by atoms with Crippen molar-refractivity contribution in [3.8, 4) is 5.75 Å². The molecule has 0 saturated carbocycles. The van der Waals surface area contributed by atoms with Gasteiger partial charge in [0, 0.05) is 12.2 Å². The number of thioether (sulfide) groups is 1. The molecule has 3 aromatic rings. The lowest BCUT2D eigenvalue weighted by molar-refractivity contribution is -0.113. The first-order valence-corrected chi connectivity index (χ1v) is 10.7. The Labute approximate surface area is 179 Å². The van der Waals surface area contributed by atoms with Crippen molar-refractivity contribution in [2.75, 3.05) is 11.1 Å². The van der Waals surface area contributed by atoms with Gasteiger partial charge < -0.3 is 14.6 Å². The third-order valence-electron chi connectivity index (χ3n) is 4.23. The molecule has 1 heterocycles. The van der Waals surface area contributed by atoms with Crippen LogP contribution in [0, 0.1) is 6.92 Å². The van der Waals surface area contributed by atoms with Gasteiger partial charge in [-0.3, -0.25) is 4.79 Å². The molecular formula is C21H23ClN4O2S. The van der Waals surface area contributed by atoms with Gasteiger partial charge in [-0.2, -0.15) is 0 Å². The number of aryl methyl sites for hydroxylation is 1. The monoisotopic (exact) mass is 430 g/mol. The van der Waals surface area contributed by atoms with Crippen molar-refractivity contribution in [2.24, 2.45) is 0 Å². The van der Waals surface area contributed by atoms with E-state index < -0.39 is 0 Å². The Bertz CT molecular complexity index is 975. The third kappa shape index (κ3) is 5.52. The van der Waals surface area contributed by atoms with Gasteiger partial charge in [-0.05, 0) is 45.0 Å². The normalized spacial score (nSPS) is 11.9. The van der Waals surface area contributed by atoms with Gasteiger partial charge in [-0.1, -0.05) is 53.2 Å². The van der Waals surface area contributed by atoms with E-state index in [1.54, 1.807) is 6.07 Å². The number of anilines is 1. The average molecular weight is 431 g/mol. The second-order valence-corrected chi connectivity index (χ2v) is 7.83. The smallest absolute Gasteiger partial charge is 0.234 e. The predicted octanol–water partition coefficient (Wildman–Crippen LogP) is 5.13. The van der Waals surface area contributed by atoms with Crippen LogP contribution in [-0.2, 0) is 11.3 Å². The highest BCUT2D eigenvalue weighted by atomic mass is 35.5. The Morgan fingerprint density at radius 1 is 1.21 bits per heavy atom. The summed E-state index contributed by atoms with van der Waals surface area (Å²) in [5.74, 6) is 1.44. The number of amides is 1. The Morgan fingerprint density at radius 2 is 1.93 bits per heavy atom. The molecule has 152 valence electrons. The van der Waals surface area contributed by atoms with Crippen LogP contribution in [0.2, 0.25) is 5.02 Å². The average Bonchev–Trinajstić information content (AvgIpc) is 3.13. The molecule has 0 bridgehead atoms. The van der Waals surface area contributed by atoms with Gasteiger partial charge in [-0.15, -0.1) is 10.2 Å². The fraction of sp³-hybridized carbons (Fsp3) is 0.286. The predicted molar refractivity (Wildman–Crippen MR) is 117 cm³/mol. The quantitative estimate of drug-likeness (QED) is 0.501. The number of carbonyl (C=O) groups excluding carboxylic acids is 1. The van der Waals surface area contributed by atoms with E-state index in [4.69, 9.17) is 16.3 Å². The Hall–Kier alpha value is -2.51. The minimum Gasteiger partial charge on any atom is -0.481 e. The fourth-order valence-electron chi connectivity index (χ4n) is 2.75. The summed E-state index contributed by atoms with van der Waals surface area (Å²) in [6.07, 6.45) is -0.335. The Balaban J connectivity index is 1.63. The summed E-state index contributed by atoms with van der Waals surface area (Å²) >= 11 is 7.52. The summed E-state index contributed by atoms with van der Waals surface area (Å²) in [7, 11) is 0. The number of nitrogens with one attached hydrogen (secondary N) is 1. The molecule has 1 N–H and O–H groups in total.